The summed E-state index contributed by atoms with van der Waals surface area (Å²) in [5.74, 6) is -1.36. The molecule has 5 rings (SSSR count). The van der Waals surface area contributed by atoms with Crippen molar-refractivity contribution in [2.24, 2.45) is 0 Å². The lowest BCUT2D eigenvalue weighted by molar-refractivity contribution is -0.115. The molecular weight excluding hydrogens is 385 g/mol. The Hall–Kier alpha value is -4.13. The summed E-state index contributed by atoms with van der Waals surface area (Å²) in [6.45, 7) is 0. The molecule has 2 heterocycles. The molecule has 1 aliphatic rings. The quantitative estimate of drug-likeness (QED) is 0.504. The SMILES string of the molecule is O=C(Cc1cn2cc(F)ccc2n1)Nc1cccc2c1C(=O)c1ccccc1C2=O. The average molecular weight is 399 g/mol. The Morgan fingerprint density at radius 1 is 0.900 bits per heavy atom. The van der Waals surface area contributed by atoms with Crippen LogP contribution in [-0.4, -0.2) is 26.9 Å². The van der Waals surface area contributed by atoms with E-state index in [1.54, 1.807) is 48.7 Å². The molecule has 4 aromatic rings. The third-order valence-electron chi connectivity index (χ3n) is 5.03. The number of imidazole rings is 1. The standard InChI is InChI=1S/C23H14FN3O3/c24-13-8-9-19-25-14(12-27(19)11-13)10-20(28)26-18-7-3-6-17-21(18)23(30)16-5-2-1-4-15(16)22(17)29/h1-9,11-12H,10H2,(H,26,28). The van der Waals surface area contributed by atoms with Gasteiger partial charge in [0.1, 0.15) is 11.5 Å². The number of nitrogens with one attached hydrogen (secondary N) is 1. The van der Waals surface area contributed by atoms with E-state index in [4.69, 9.17) is 0 Å². The number of carbonyl (C=O) groups excluding carboxylic acids is 3. The number of nitrogens with zero attached hydrogens (tertiary/aromatic N) is 2. The van der Waals surface area contributed by atoms with Gasteiger partial charge in [0.05, 0.1) is 23.4 Å². The van der Waals surface area contributed by atoms with Crippen LogP contribution in [0.5, 0.6) is 0 Å². The van der Waals surface area contributed by atoms with Crippen LogP contribution in [0.2, 0.25) is 0 Å². The summed E-state index contributed by atoms with van der Waals surface area (Å²) in [4.78, 5) is 42.7. The molecular formula is C23H14FN3O3. The number of hydrogen-bond acceptors (Lipinski definition) is 4. The Balaban J connectivity index is 1.45. The Kier molecular flexibility index (Phi) is 4.03. The number of pyridine rings is 1. The Labute approximate surface area is 170 Å². The second-order valence-electron chi connectivity index (χ2n) is 7.00. The maximum Gasteiger partial charge on any atom is 0.230 e. The van der Waals surface area contributed by atoms with E-state index in [1.807, 2.05) is 0 Å². The summed E-state index contributed by atoms with van der Waals surface area (Å²) in [6, 6.07) is 14.2. The molecule has 1 N–H and O–H groups in total. The van der Waals surface area contributed by atoms with Gasteiger partial charge in [-0.15, -0.1) is 0 Å². The van der Waals surface area contributed by atoms with Gasteiger partial charge < -0.3 is 9.72 Å². The first-order valence-corrected chi connectivity index (χ1v) is 9.26. The first kappa shape index (κ1) is 17.9. The molecule has 7 heteroatoms. The van der Waals surface area contributed by atoms with Crippen molar-refractivity contribution in [3.8, 4) is 0 Å². The molecule has 0 aliphatic heterocycles. The molecule has 0 radical (unpaired) electrons. The lowest BCUT2D eigenvalue weighted by Crippen LogP contribution is -2.24. The first-order valence-electron chi connectivity index (χ1n) is 9.26. The topological polar surface area (TPSA) is 80.5 Å². The molecule has 30 heavy (non-hydrogen) atoms. The van der Waals surface area contributed by atoms with Gasteiger partial charge in [0.2, 0.25) is 5.91 Å². The highest BCUT2D eigenvalue weighted by atomic mass is 19.1. The minimum Gasteiger partial charge on any atom is -0.325 e. The van der Waals surface area contributed by atoms with Crippen molar-refractivity contribution in [1.29, 1.82) is 0 Å². The van der Waals surface area contributed by atoms with Crippen LogP contribution in [0.25, 0.3) is 5.65 Å². The summed E-state index contributed by atoms with van der Waals surface area (Å²) in [7, 11) is 0. The fourth-order valence-corrected chi connectivity index (χ4v) is 3.71. The van der Waals surface area contributed by atoms with E-state index < -0.39 is 11.7 Å². The van der Waals surface area contributed by atoms with Crippen molar-refractivity contribution in [1.82, 2.24) is 9.38 Å². The second kappa shape index (κ2) is 6.73. The van der Waals surface area contributed by atoms with Crippen LogP contribution >= 0.6 is 0 Å². The lowest BCUT2D eigenvalue weighted by Gasteiger charge is -2.20. The monoisotopic (exact) mass is 399 g/mol. The first-order chi connectivity index (χ1) is 14.5. The fourth-order valence-electron chi connectivity index (χ4n) is 3.71. The third kappa shape index (κ3) is 2.88. The number of rotatable bonds is 3. The predicted molar refractivity (Wildman–Crippen MR) is 107 cm³/mol. The average Bonchev–Trinajstić information content (AvgIpc) is 3.13. The van der Waals surface area contributed by atoms with Crippen LogP contribution in [0.4, 0.5) is 10.1 Å². The van der Waals surface area contributed by atoms with E-state index in [-0.39, 0.29) is 34.8 Å². The highest BCUT2D eigenvalue weighted by Crippen LogP contribution is 2.32. The predicted octanol–water partition coefficient (Wildman–Crippen LogP) is 3.43. The Morgan fingerprint density at radius 2 is 1.63 bits per heavy atom. The van der Waals surface area contributed by atoms with Crippen LogP contribution in [-0.2, 0) is 11.2 Å². The van der Waals surface area contributed by atoms with Crippen LogP contribution < -0.4 is 5.32 Å². The minimum atomic E-state index is -0.407. The number of aromatic nitrogens is 2. The van der Waals surface area contributed by atoms with E-state index in [2.05, 4.69) is 10.3 Å². The maximum absolute atomic E-state index is 13.3. The molecule has 2 aromatic carbocycles. The van der Waals surface area contributed by atoms with Gasteiger partial charge in [-0.3, -0.25) is 14.4 Å². The normalized spacial score (nSPS) is 12.6. The number of ketones is 2. The number of carbonyl (C=O) groups is 3. The molecule has 6 nitrogen and oxygen atoms in total. The molecule has 0 saturated heterocycles. The van der Waals surface area contributed by atoms with E-state index >= 15 is 0 Å². The number of benzene rings is 2. The fraction of sp³-hybridized carbons (Fsp3) is 0.0435. The van der Waals surface area contributed by atoms with Crippen molar-refractivity contribution in [2.45, 2.75) is 6.42 Å². The van der Waals surface area contributed by atoms with E-state index in [0.29, 0.717) is 22.5 Å². The highest BCUT2D eigenvalue weighted by Gasteiger charge is 2.31. The van der Waals surface area contributed by atoms with Crippen molar-refractivity contribution < 1.29 is 18.8 Å². The summed E-state index contributed by atoms with van der Waals surface area (Å²) >= 11 is 0. The number of fused-ring (bicyclic) bond motifs is 3. The van der Waals surface area contributed by atoms with Crippen molar-refractivity contribution in [2.75, 3.05) is 5.32 Å². The van der Waals surface area contributed by atoms with Gasteiger partial charge in [-0.2, -0.15) is 0 Å². The molecule has 146 valence electrons. The van der Waals surface area contributed by atoms with Gasteiger partial charge in [-0.05, 0) is 18.2 Å². The Bertz CT molecular complexity index is 1370. The van der Waals surface area contributed by atoms with Gasteiger partial charge in [-0.25, -0.2) is 9.37 Å². The van der Waals surface area contributed by atoms with Gasteiger partial charge in [0.15, 0.2) is 11.6 Å². The molecule has 1 aliphatic carbocycles. The number of anilines is 1. The summed E-state index contributed by atoms with van der Waals surface area (Å²) in [5, 5.41) is 2.72. The molecule has 0 atom stereocenters. The lowest BCUT2D eigenvalue weighted by atomic mass is 9.83. The van der Waals surface area contributed by atoms with Gasteiger partial charge in [0.25, 0.3) is 0 Å². The molecule has 0 bridgehead atoms. The zero-order chi connectivity index (χ0) is 20.8. The van der Waals surface area contributed by atoms with Crippen LogP contribution in [0.1, 0.15) is 37.5 Å². The van der Waals surface area contributed by atoms with E-state index in [0.717, 1.165) is 0 Å². The molecule has 0 fully saturated rings. The largest absolute Gasteiger partial charge is 0.325 e. The van der Waals surface area contributed by atoms with Gasteiger partial charge >= 0.3 is 0 Å². The third-order valence-corrected chi connectivity index (χ3v) is 5.03. The second-order valence-corrected chi connectivity index (χ2v) is 7.00. The number of hydrogen-bond donors (Lipinski definition) is 1. The van der Waals surface area contributed by atoms with Crippen LogP contribution in [0.3, 0.4) is 0 Å². The number of amides is 1. The van der Waals surface area contributed by atoms with Gasteiger partial charge in [-0.1, -0.05) is 36.4 Å². The van der Waals surface area contributed by atoms with Crippen LogP contribution in [0.15, 0.2) is 67.0 Å². The van der Waals surface area contributed by atoms with Crippen molar-refractivity contribution in [3.05, 3.63) is 101 Å². The van der Waals surface area contributed by atoms with Gasteiger partial charge in [0, 0.05) is 29.1 Å². The summed E-state index contributed by atoms with van der Waals surface area (Å²) in [6.07, 6.45) is 2.79. The van der Waals surface area contributed by atoms with Crippen molar-refractivity contribution >= 4 is 28.8 Å². The number of halogens is 1. The Morgan fingerprint density at radius 3 is 2.43 bits per heavy atom. The van der Waals surface area contributed by atoms with Crippen molar-refractivity contribution in [3.63, 3.8) is 0 Å². The van der Waals surface area contributed by atoms with Crippen LogP contribution in [0, 0.1) is 5.82 Å². The minimum absolute atomic E-state index is 0.0638. The summed E-state index contributed by atoms with van der Waals surface area (Å²) < 4.78 is 14.8. The highest BCUT2D eigenvalue weighted by molar-refractivity contribution is 6.30. The van der Waals surface area contributed by atoms with E-state index in [9.17, 15) is 18.8 Å². The zero-order valence-corrected chi connectivity index (χ0v) is 15.6. The molecule has 0 spiro atoms. The molecule has 0 saturated carbocycles. The smallest absolute Gasteiger partial charge is 0.230 e. The summed E-state index contributed by atoms with van der Waals surface area (Å²) in [5.41, 5.74) is 2.38. The van der Waals surface area contributed by atoms with E-state index in [1.165, 1.54) is 22.7 Å². The molecule has 0 unspecified atom stereocenters. The molecule has 2 aromatic heterocycles. The molecule has 1 amide bonds. The zero-order valence-electron chi connectivity index (χ0n) is 15.6. The maximum atomic E-state index is 13.3.